The summed E-state index contributed by atoms with van der Waals surface area (Å²) in [6.45, 7) is 10.4. The van der Waals surface area contributed by atoms with Gasteiger partial charge in [0.15, 0.2) is 12.1 Å². The first-order chi connectivity index (χ1) is 16.3. The molecule has 0 aromatic heterocycles. The lowest BCUT2D eigenvalue weighted by Gasteiger charge is -2.60. The molecule has 0 aromatic rings. The summed E-state index contributed by atoms with van der Waals surface area (Å²) in [7, 11) is 0. The third-order valence-corrected chi connectivity index (χ3v) is 12.6. The van der Waals surface area contributed by atoms with Gasteiger partial charge in [-0.05, 0) is 87.5 Å². The summed E-state index contributed by atoms with van der Waals surface area (Å²) >= 11 is 0. The normalized spacial score (nSPS) is 64.9. The van der Waals surface area contributed by atoms with E-state index in [9.17, 15) is 20.1 Å². The summed E-state index contributed by atoms with van der Waals surface area (Å²) in [5.41, 5.74) is -3.15. The zero-order chi connectivity index (χ0) is 24.9. The third-order valence-electron chi connectivity index (χ3n) is 12.6. The van der Waals surface area contributed by atoms with Gasteiger partial charge < -0.3 is 29.5 Å². The molecule has 3 heterocycles. The van der Waals surface area contributed by atoms with Crippen LogP contribution in [-0.2, 0) is 19.0 Å². The summed E-state index contributed by atoms with van der Waals surface area (Å²) in [5, 5.41) is 33.9. The van der Waals surface area contributed by atoms with E-state index in [1.807, 2.05) is 20.8 Å². The number of hydrogen-bond acceptors (Lipinski definition) is 7. The lowest BCUT2D eigenvalue weighted by Crippen LogP contribution is -2.67. The van der Waals surface area contributed by atoms with Gasteiger partial charge in [0.25, 0.3) is 0 Å². The standard InChI is InChI=1S/C28H40O7/c1-13(17-12-25(3)27(5,35-25)23(31)33-17)20-16(29)11-15-19-14(8-10-24(15,20)2)26(4)18(30)7-6-9-28(26,32)22-21(19)34-22/h6-7,13-17,19-23,29,31-32H,8-12H2,1-5H3/t13-,14+,15+,16-,17+,19-,20+,21-,22-,23-,24+,25+,26+,27-,28+/m1/s1. The van der Waals surface area contributed by atoms with E-state index in [2.05, 4.69) is 13.8 Å². The molecule has 0 bridgehead atoms. The molecule has 35 heavy (non-hydrogen) atoms. The number of epoxide rings is 2. The number of carbonyl (C=O) groups excluding carboxylic acids is 1. The van der Waals surface area contributed by atoms with Gasteiger partial charge in [-0.25, -0.2) is 0 Å². The summed E-state index contributed by atoms with van der Waals surface area (Å²) in [6.07, 6.45) is 5.07. The van der Waals surface area contributed by atoms with Crippen molar-refractivity contribution in [2.75, 3.05) is 0 Å². The molecule has 3 saturated heterocycles. The number of ether oxygens (including phenoxy) is 3. The van der Waals surface area contributed by atoms with Gasteiger partial charge in [-0.15, -0.1) is 0 Å². The van der Waals surface area contributed by atoms with Gasteiger partial charge >= 0.3 is 0 Å². The quantitative estimate of drug-likeness (QED) is 0.512. The van der Waals surface area contributed by atoms with Crippen LogP contribution < -0.4 is 0 Å². The molecule has 3 N–H and O–H groups in total. The molecule has 0 spiro atoms. The molecular formula is C28H40O7. The minimum Gasteiger partial charge on any atom is -0.393 e. The van der Waals surface area contributed by atoms with Gasteiger partial charge in [0.05, 0.1) is 23.7 Å². The summed E-state index contributed by atoms with van der Waals surface area (Å²) in [5.74, 6) is 0.489. The predicted octanol–water partition coefficient (Wildman–Crippen LogP) is 2.35. The molecule has 0 aromatic carbocycles. The minimum atomic E-state index is -1.14. The Hall–Kier alpha value is -0.830. The highest BCUT2D eigenvalue weighted by atomic mass is 16.7. The fourth-order valence-corrected chi connectivity index (χ4v) is 10.3. The zero-order valence-electron chi connectivity index (χ0n) is 21.4. The average Bonchev–Trinajstić information content (AvgIpc) is 3.66. The Labute approximate surface area is 207 Å². The van der Waals surface area contributed by atoms with Crippen LogP contribution in [0.15, 0.2) is 12.2 Å². The van der Waals surface area contributed by atoms with Gasteiger partial charge in [0.1, 0.15) is 22.9 Å². The Balaban J connectivity index is 1.20. The number of aliphatic hydroxyl groups is 3. The molecule has 7 rings (SSSR count). The van der Waals surface area contributed by atoms with Crippen LogP contribution in [0.3, 0.4) is 0 Å². The number of hydrogen-bond donors (Lipinski definition) is 3. The maximum absolute atomic E-state index is 13.3. The van der Waals surface area contributed by atoms with Crippen molar-refractivity contribution in [3.05, 3.63) is 12.2 Å². The largest absolute Gasteiger partial charge is 0.393 e. The van der Waals surface area contributed by atoms with Crippen molar-refractivity contribution in [2.24, 2.45) is 40.4 Å². The Morgan fingerprint density at radius 2 is 1.86 bits per heavy atom. The zero-order valence-corrected chi connectivity index (χ0v) is 21.4. The highest BCUT2D eigenvalue weighted by Gasteiger charge is 2.78. The average molecular weight is 489 g/mol. The molecule has 15 atom stereocenters. The molecule has 7 nitrogen and oxygen atoms in total. The molecule has 3 saturated carbocycles. The van der Waals surface area contributed by atoms with Crippen LogP contribution >= 0.6 is 0 Å². The van der Waals surface area contributed by atoms with Crippen LogP contribution in [0.4, 0.5) is 0 Å². The number of rotatable bonds is 2. The van der Waals surface area contributed by atoms with Crippen molar-refractivity contribution in [1.29, 1.82) is 0 Å². The molecule has 7 heteroatoms. The van der Waals surface area contributed by atoms with E-state index in [0.29, 0.717) is 19.3 Å². The Kier molecular flexibility index (Phi) is 4.39. The first kappa shape index (κ1) is 23.3. The van der Waals surface area contributed by atoms with Crippen LogP contribution in [0.5, 0.6) is 0 Å². The van der Waals surface area contributed by atoms with Gasteiger partial charge in [0, 0.05) is 6.42 Å². The van der Waals surface area contributed by atoms with E-state index >= 15 is 0 Å². The third kappa shape index (κ3) is 2.52. The van der Waals surface area contributed by atoms with Crippen LogP contribution in [-0.4, -0.2) is 68.6 Å². The number of ketones is 1. The lowest BCUT2D eigenvalue weighted by molar-refractivity contribution is -0.208. The van der Waals surface area contributed by atoms with E-state index < -0.39 is 34.6 Å². The molecular weight excluding hydrogens is 448 g/mol. The van der Waals surface area contributed by atoms with Crippen LogP contribution in [0.1, 0.15) is 66.7 Å². The van der Waals surface area contributed by atoms with Crippen molar-refractivity contribution >= 4 is 5.78 Å². The fourth-order valence-electron chi connectivity index (χ4n) is 10.3. The van der Waals surface area contributed by atoms with Crippen LogP contribution in [0.2, 0.25) is 0 Å². The van der Waals surface area contributed by atoms with E-state index in [0.717, 1.165) is 12.8 Å². The van der Waals surface area contributed by atoms with Crippen LogP contribution in [0.25, 0.3) is 0 Å². The maximum Gasteiger partial charge on any atom is 0.186 e. The van der Waals surface area contributed by atoms with Gasteiger partial charge in [-0.3, -0.25) is 4.79 Å². The molecule has 0 amide bonds. The summed E-state index contributed by atoms with van der Waals surface area (Å²) in [4.78, 5) is 13.3. The molecule has 7 aliphatic rings. The van der Waals surface area contributed by atoms with E-state index in [-0.39, 0.29) is 59.1 Å². The number of allylic oxidation sites excluding steroid dienone is 1. The highest BCUT2D eigenvalue weighted by molar-refractivity contribution is 5.97. The van der Waals surface area contributed by atoms with Crippen LogP contribution in [0, 0.1) is 40.4 Å². The van der Waals surface area contributed by atoms with Gasteiger partial charge in [-0.1, -0.05) is 19.9 Å². The second-order valence-corrected chi connectivity index (χ2v) is 13.8. The van der Waals surface area contributed by atoms with Crippen molar-refractivity contribution in [1.82, 2.24) is 0 Å². The molecule has 0 unspecified atom stereocenters. The van der Waals surface area contributed by atoms with Gasteiger partial charge in [0.2, 0.25) is 0 Å². The Bertz CT molecular complexity index is 1010. The number of carbonyl (C=O) groups is 1. The molecule has 3 aliphatic heterocycles. The summed E-state index contributed by atoms with van der Waals surface area (Å²) in [6, 6.07) is 0. The lowest BCUT2D eigenvalue weighted by atomic mass is 9.43. The Morgan fingerprint density at radius 1 is 1.11 bits per heavy atom. The van der Waals surface area contributed by atoms with Crippen molar-refractivity contribution in [3.63, 3.8) is 0 Å². The summed E-state index contributed by atoms with van der Waals surface area (Å²) < 4.78 is 18.2. The molecule has 6 fully saturated rings. The van der Waals surface area contributed by atoms with E-state index in [1.54, 1.807) is 12.2 Å². The first-order valence-electron chi connectivity index (χ1n) is 13.6. The van der Waals surface area contributed by atoms with Crippen molar-refractivity contribution in [2.45, 2.75) is 114 Å². The van der Waals surface area contributed by atoms with Crippen molar-refractivity contribution in [3.8, 4) is 0 Å². The maximum atomic E-state index is 13.3. The van der Waals surface area contributed by atoms with Gasteiger partial charge in [-0.2, -0.15) is 0 Å². The van der Waals surface area contributed by atoms with E-state index in [1.165, 1.54) is 0 Å². The number of fused-ring (bicyclic) bond motifs is 9. The van der Waals surface area contributed by atoms with E-state index in [4.69, 9.17) is 14.2 Å². The second-order valence-electron chi connectivity index (χ2n) is 13.8. The second kappa shape index (κ2) is 6.59. The molecule has 194 valence electrons. The highest BCUT2D eigenvalue weighted by Crippen LogP contribution is 2.72. The first-order valence-corrected chi connectivity index (χ1v) is 13.6. The SMILES string of the molecule is C[C@@H]([C@H]1[C@H](O)C[C@H]2[C@@H]3[C@H]4O[C@H]4[C@@]4(O)CC=CC(=O)[C@]4(C)[C@H]3CC[C@]12C)[C@@H]1C[C@]2(C)O[C@]2(C)[C@H](O)O1. The monoisotopic (exact) mass is 488 g/mol. The molecule has 4 aliphatic carbocycles. The smallest absolute Gasteiger partial charge is 0.186 e. The van der Waals surface area contributed by atoms with Crippen molar-refractivity contribution < 1.29 is 34.3 Å². The number of aliphatic hydroxyl groups excluding tert-OH is 2. The Morgan fingerprint density at radius 3 is 2.57 bits per heavy atom. The topological polar surface area (TPSA) is 112 Å². The predicted molar refractivity (Wildman–Crippen MR) is 125 cm³/mol. The molecule has 0 radical (unpaired) electrons. The minimum absolute atomic E-state index is 0.0186. The fraction of sp³-hybridized carbons (Fsp3) is 0.893.